The molecule has 482 valence electrons. The number of hydrogen-bond acceptors (Lipinski definition) is 5. The van der Waals surface area contributed by atoms with Crippen molar-refractivity contribution in [2.75, 3.05) is 18.1 Å². The van der Waals surface area contributed by atoms with Crippen molar-refractivity contribution in [3.63, 3.8) is 0 Å². The molecule has 1 aromatic heterocycles. The molecule has 1 unspecified atom stereocenters. The zero-order valence-electron chi connectivity index (χ0n) is 58.8. The zero-order chi connectivity index (χ0) is 66.7. The predicted octanol–water partition coefficient (Wildman–Crippen LogP) is 23.3. The summed E-state index contributed by atoms with van der Waals surface area (Å²) in [4.78, 5) is 2.32. The molecule has 91 heavy (non-hydrogen) atoms. The maximum absolute atomic E-state index is 16.0. The highest BCUT2D eigenvalue weighted by Crippen LogP contribution is 2.56. The van der Waals surface area contributed by atoms with Crippen molar-refractivity contribution in [2.24, 2.45) is 16.2 Å². The number of aromatic hydroxyl groups is 2. The third-order valence-corrected chi connectivity index (χ3v) is 18.8. The van der Waals surface area contributed by atoms with Gasteiger partial charge in [-0.1, -0.05) is 183 Å². The maximum atomic E-state index is 16.0. The van der Waals surface area contributed by atoms with Crippen LogP contribution in [0.25, 0.3) is 55.3 Å². The first kappa shape index (κ1) is 66.6. The first-order valence-electron chi connectivity index (χ1n) is 33.1. The number of phenolic OH excluding ortho intramolecular Hbond substituents is 2. The average Bonchev–Trinajstić information content (AvgIpc) is 1.62. The van der Waals surface area contributed by atoms with Crippen LogP contribution in [0.5, 0.6) is 23.0 Å². The molecule has 0 amide bonds. The first-order valence-corrected chi connectivity index (χ1v) is 33.1. The number of benzene rings is 7. The van der Waals surface area contributed by atoms with Gasteiger partial charge in [-0.25, -0.2) is 8.78 Å². The molecule has 0 radical (unpaired) electrons. The van der Waals surface area contributed by atoms with E-state index in [0.29, 0.717) is 51.5 Å². The molecule has 2 aliphatic rings. The lowest BCUT2D eigenvalue weighted by Crippen LogP contribution is -2.30. The summed E-state index contributed by atoms with van der Waals surface area (Å²) in [5, 5.41) is 28.3. The lowest BCUT2D eigenvalue weighted by molar-refractivity contribution is 0.248. The molecular weight excluding hydrogens is 1130 g/mol. The molecule has 1 aliphatic carbocycles. The third kappa shape index (κ3) is 13.6. The van der Waals surface area contributed by atoms with Crippen molar-refractivity contribution in [2.45, 2.75) is 211 Å². The van der Waals surface area contributed by atoms with Gasteiger partial charge in [-0.2, -0.15) is 0 Å². The average molecular weight is 1230 g/mol. The summed E-state index contributed by atoms with van der Waals surface area (Å²) in [7, 11) is 0. The van der Waals surface area contributed by atoms with Crippen LogP contribution < -0.4 is 14.4 Å². The van der Waals surface area contributed by atoms with Crippen LogP contribution in [0.3, 0.4) is 0 Å². The molecule has 0 saturated carbocycles. The number of allylic oxidation sites excluding steroid dienone is 2. The molecule has 7 aromatic carbocycles. The number of halogens is 2. The third-order valence-electron chi connectivity index (χ3n) is 18.8. The molecule has 1 aliphatic heterocycles. The van der Waals surface area contributed by atoms with Gasteiger partial charge in [0.25, 0.3) is 0 Å². The Morgan fingerprint density at radius 3 is 1.29 bits per heavy atom. The van der Waals surface area contributed by atoms with Gasteiger partial charge in [-0.3, -0.25) is 0 Å². The Morgan fingerprint density at radius 2 is 0.846 bits per heavy atom. The van der Waals surface area contributed by atoms with Gasteiger partial charge >= 0.3 is 0 Å². The molecule has 2 heterocycles. The van der Waals surface area contributed by atoms with Gasteiger partial charge in [0.15, 0.2) is 0 Å². The molecule has 2 N–H and O–H groups in total. The normalized spacial score (nSPS) is 15.3. The molecule has 6 nitrogen and oxygen atoms in total. The summed E-state index contributed by atoms with van der Waals surface area (Å²) in [6.07, 6.45) is 7.56. The van der Waals surface area contributed by atoms with Crippen molar-refractivity contribution < 1.29 is 28.5 Å². The van der Waals surface area contributed by atoms with E-state index >= 15 is 8.78 Å². The Kier molecular flexibility index (Phi) is 17.1. The van der Waals surface area contributed by atoms with Crippen molar-refractivity contribution in [3.8, 4) is 50.9 Å². The SMILES string of the molecule is CC(C)(C)CC(C)(C)c1cc(-c2cc(F)ccc2OCCCOc2ccc(F)cc2-c2cc(C(C)(C)CC(C)(C)C)cc(-n3c4ccc(C(C)(C)C)cc4c4cc(C(C)(C)C)ccc43)c2O)c(O)c(N2c3ccc(C(C)(C)C)cc3C3=CC(C(C)(C)C)=CCC32)c1. The van der Waals surface area contributed by atoms with Crippen LogP contribution in [0.4, 0.5) is 20.2 Å². The maximum Gasteiger partial charge on any atom is 0.147 e. The van der Waals surface area contributed by atoms with Gasteiger partial charge in [0.1, 0.15) is 34.6 Å². The lowest BCUT2D eigenvalue weighted by Gasteiger charge is -2.36. The monoisotopic (exact) mass is 1230 g/mol. The molecule has 8 heteroatoms. The van der Waals surface area contributed by atoms with E-state index in [4.69, 9.17) is 9.47 Å². The minimum atomic E-state index is -0.459. The van der Waals surface area contributed by atoms with E-state index in [1.54, 1.807) is 12.1 Å². The fraction of sp³-hybridized carbons (Fsp3) is 0.446. The fourth-order valence-electron chi connectivity index (χ4n) is 14.6. The van der Waals surface area contributed by atoms with Crippen LogP contribution in [0.15, 0.2) is 133 Å². The van der Waals surface area contributed by atoms with Gasteiger partial charge in [0.2, 0.25) is 0 Å². The summed E-state index contributed by atoms with van der Waals surface area (Å²) in [5.74, 6) is -0.0126. The van der Waals surface area contributed by atoms with E-state index < -0.39 is 11.6 Å². The second-order valence-corrected chi connectivity index (χ2v) is 34.3. The molecular formula is C83H102F2N2O4. The predicted molar refractivity (Wildman–Crippen MR) is 380 cm³/mol. The topological polar surface area (TPSA) is 67.1 Å². The molecule has 0 spiro atoms. The highest BCUT2D eigenvalue weighted by molar-refractivity contribution is 6.10. The van der Waals surface area contributed by atoms with E-state index in [0.717, 1.165) is 63.4 Å². The number of hydrogen-bond donors (Lipinski definition) is 2. The summed E-state index contributed by atoms with van der Waals surface area (Å²) in [6, 6.07) is 37.4. The smallest absolute Gasteiger partial charge is 0.147 e. The van der Waals surface area contributed by atoms with Crippen molar-refractivity contribution in [1.82, 2.24) is 4.57 Å². The van der Waals surface area contributed by atoms with Crippen LogP contribution in [0, 0.1) is 27.9 Å². The van der Waals surface area contributed by atoms with Gasteiger partial charge in [0.05, 0.1) is 41.7 Å². The highest BCUT2D eigenvalue weighted by Gasteiger charge is 2.41. The Bertz CT molecular complexity index is 4110. The van der Waals surface area contributed by atoms with Crippen LogP contribution in [-0.2, 0) is 27.1 Å². The minimum absolute atomic E-state index is 0.0135. The quantitative estimate of drug-likeness (QED) is 0.106. The van der Waals surface area contributed by atoms with Gasteiger partial charge in [-0.05, 0) is 199 Å². The molecule has 10 rings (SSSR count). The van der Waals surface area contributed by atoms with Crippen LogP contribution in [0.1, 0.15) is 211 Å². The van der Waals surface area contributed by atoms with E-state index in [1.807, 2.05) is 12.1 Å². The summed E-state index contributed by atoms with van der Waals surface area (Å²) < 4.78 is 47.4. The largest absolute Gasteiger partial charge is 0.505 e. The molecule has 8 aromatic rings. The summed E-state index contributed by atoms with van der Waals surface area (Å²) >= 11 is 0. The fourth-order valence-corrected chi connectivity index (χ4v) is 14.6. The number of anilines is 2. The van der Waals surface area contributed by atoms with Crippen LogP contribution in [0.2, 0.25) is 0 Å². The standard InChI is InChI=1S/C83H102F2N2O4/c1-76(2,3)48-82(19,20)54-42-64(74(88)70(44-54)86-66-30-24-50(78(7,8)9)38-58(66)59-39-51(79(10,11)12)25-31-67(59)86)62-46-56(84)28-34-72(62)90-36-23-37-91-73-35-29-57(85)47-63(73)65-43-55(83(21,22)49-77(4,5)6)45-71(75(65)89)87-68-32-26-52(80(13,14)15)40-60(68)61-41-53(81(16,17)18)27-33-69(61)87/h24-32,34-35,38-47,69,88-89H,23,33,36-37,48-49H2,1-22H3. The molecule has 0 saturated heterocycles. The number of nitrogens with zero attached hydrogens (tertiary/aromatic N) is 2. The summed E-state index contributed by atoms with van der Waals surface area (Å²) in [6.45, 7) is 49.8. The van der Waals surface area contributed by atoms with Crippen LogP contribution >= 0.6 is 0 Å². The van der Waals surface area contributed by atoms with E-state index in [2.05, 4.69) is 241 Å². The number of rotatable bonds is 14. The van der Waals surface area contributed by atoms with E-state index in [9.17, 15) is 10.2 Å². The van der Waals surface area contributed by atoms with Crippen molar-refractivity contribution in [3.05, 3.63) is 178 Å². The Morgan fingerprint density at radius 1 is 0.429 bits per heavy atom. The second-order valence-electron chi connectivity index (χ2n) is 34.3. The van der Waals surface area contributed by atoms with Crippen LogP contribution in [-0.4, -0.2) is 34.0 Å². The highest BCUT2D eigenvalue weighted by atomic mass is 19.1. The second kappa shape index (κ2) is 23.4. The molecule has 0 fully saturated rings. The Balaban J connectivity index is 1.02. The Hall–Kier alpha value is -7.32. The minimum Gasteiger partial charge on any atom is -0.505 e. The number of phenols is 2. The number of aromatic nitrogens is 1. The van der Waals surface area contributed by atoms with Gasteiger partial charge < -0.3 is 29.2 Å². The number of fused-ring (bicyclic) bond motifs is 6. The van der Waals surface area contributed by atoms with Crippen molar-refractivity contribution in [1.29, 1.82) is 0 Å². The molecule has 1 atom stereocenters. The molecule has 0 bridgehead atoms. The van der Waals surface area contributed by atoms with Gasteiger partial charge in [-0.15, -0.1) is 0 Å². The van der Waals surface area contributed by atoms with Gasteiger partial charge in [0, 0.05) is 50.7 Å². The first-order chi connectivity index (χ1) is 42.0. The lowest BCUT2D eigenvalue weighted by atomic mass is 9.71. The number of ether oxygens (including phenoxy) is 2. The zero-order valence-corrected chi connectivity index (χ0v) is 58.8. The van der Waals surface area contributed by atoms with Crippen molar-refractivity contribution >= 4 is 38.8 Å². The van der Waals surface area contributed by atoms with E-state index in [1.165, 1.54) is 52.1 Å². The summed E-state index contributed by atoms with van der Waals surface area (Å²) in [5.41, 5.74) is 14.3. The van der Waals surface area contributed by atoms with E-state index in [-0.39, 0.29) is 74.1 Å². The Labute approximate surface area is 543 Å².